The van der Waals surface area contributed by atoms with E-state index in [-0.39, 0.29) is 6.04 Å². The van der Waals surface area contributed by atoms with E-state index in [4.69, 9.17) is 16.3 Å². The summed E-state index contributed by atoms with van der Waals surface area (Å²) in [5, 5.41) is 3.99. The van der Waals surface area contributed by atoms with Crippen molar-refractivity contribution in [2.45, 2.75) is 13.0 Å². The molecule has 4 nitrogen and oxygen atoms in total. The number of methoxy groups -OCH3 is 1. The average molecular weight is 264 g/mol. The number of benzene rings is 1. The zero-order valence-corrected chi connectivity index (χ0v) is 11.0. The summed E-state index contributed by atoms with van der Waals surface area (Å²) >= 11 is 6.15. The molecule has 94 valence electrons. The van der Waals surface area contributed by atoms with Gasteiger partial charge in [-0.05, 0) is 18.6 Å². The van der Waals surface area contributed by atoms with Crippen molar-refractivity contribution in [3.63, 3.8) is 0 Å². The molecule has 1 aromatic heterocycles. The Bertz CT molecular complexity index is 533. The van der Waals surface area contributed by atoms with Crippen molar-refractivity contribution < 1.29 is 4.74 Å². The standard InChI is InChI=1S/C13H14ClN3O/c1-9(10-5-3-4-6-11(10)14)17-12-7-13(18-2)16-8-15-12/h3-9H,1-2H3,(H,15,16,17). The van der Waals surface area contributed by atoms with Gasteiger partial charge in [-0.15, -0.1) is 0 Å². The first kappa shape index (κ1) is 12.6. The third kappa shape index (κ3) is 2.90. The lowest BCUT2D eigenvalue weighted by Gasteiger charge is -2.16. The third-order valence-electron chi connectivity index (χ3n) is 2.59. The number of anilines is 1. The number of aromatic nitrogens is 2. The summed E-state index contributed by atoms with van der Waals surface area (Å²) in [6.45, 7) is 2.02. The van der Waals surface area contributed by atoms with Crippen LogP contribution in [-0.2, 0) is 0 Å². The minimum absolute atomic E-state index is 0.0540. The first-order valence-electron chi connectivity index (χ1n) is 5.57. The third-order valence-corrected chi connectivity index (χ3v) is 2.93. The molecule has 5 heteroatoms. The maximum absolute atomic E-state index is 6.15. The van der Waals surface area contributed by atoms with Crippen molar-refractivity contribution in [1.29, 1.82) is 0 Å². The van der Waals surface area contributed by atoms with E-state index in [0.717, 1.165) is 10.6 Å². The van der Waals surface area contributed by atoms with Gasteiger partial charge in [0, 0.05) is 11.1 Å². The summed E-state index contributed by atoms with van der Waals surface area (Å²) in [5.41, 5.74) is 1.02. The number of rotatable bonds is 4. The molecule has 0 bridgehead atoms. The van der Waals surface area contributed by atoms with Crippen LogP contribution in [0.15, 0.2) is 36.7 Å². The lowest BCUT2D eigenvalue weighted by molar-refractivity contribution is 0.397. The van der Waals surface area contributed by atoms with Crippen LogP contribution in [0.3, 0.4) is 0 Å². The lowest BCUT2D eigenvalue weighted by atomic mass is 10.1. The Morgan fingerprint density at radius 3 is 2.78 bits per heavy atom. The lowest BCUT2D eigenvalue weighted by Crippen LogP contribution is -2.08. The van der Waals surface area contributed by atoms with Gasteiger partial charge in [0.05, 0.1) is 13.2 Å². The number of hydrogen-bond donors (Lipinski definition) is 1. The van der Waals surface area contributed by atoms with Crippen LogP contribution in [0, 0.1) is 0 Å². The van der Waals surface area contributed by atoms with E-state index in [9.17, 15) is 0 Å². The molecule has 1 unspecified atom stereocenters. The van der Waals surface area contributed by atoms with Crippen molar-refractivity contribution in [3.8, 4) is 5.88 Å². The molecule has 0 aliphatic rings. The quantitative estimate of drug-likeness (QED) is 0.919. The molecule has 0 aliphatic heterocycles. The van der Waals surface area contributed by atoms with E-state index >= 15 is 0 Å². The molecular formula is C13H14ClN3O. The molecule has 1 aromatic carbocycles. The first-order valence-corrected chi connectivity index (χ1v) is 5.95. The summed E-state index contributed by atoms with van der Waals surface area (Å²) in [7, 11) is 1.57. The summed E-state index contributed by atoms with van der Waals surface area (Å²) < 4.78 is 5.05. The van der Waals surface area contributed by atoms with Gasteiger partial charge in [0.2, 0.25) is 5.88 Å². The molecule has 1 N–H and O–H groups in total. The second-order valence-corrected chi connectivity index (χ2v) is 4.24. The zero-order chi connectivity index (χ0) is 13.0. The highest BCUT2D eigenvalue weighted by molar-refractivity contribution is 6.31. The average Bonchev–Trinajstić information content (AvgIpc) is 2.39. The van der Waals surface area contributed by atoms with Crippen LogP contribution in [0.1, 0.15) is 18.5 Å². The molecule has 0 saturated carbocycles. The van der Waals surface area contributed by atoms with Crippen LogP contribution >= 0.6 is 11.6 Å². The van der Waals surface area contributed by atoms with E-state index in [1.165, 1.54) is 6.33 Å². The minimum Gasteiger partial charge on any atom is -0.481 e. The summed E-state index contributed by atoms with van der Waals surface area (Å²) in [5.74, 6) is 1.23. The number of nitrogens with one attached hydrogen (secondary N) is 1. The Hall–Kier alpha value is -1.81. The van der Waals surface area contributed by atoms with Gasteiger partial charge >= 0.3 is 0 Å². The Labute approximate surface area is 111 Å². The molecular weight excluding hydrogens is 250 g/mol. The smallest absolute Gasteiger partial charge is 0.218 e. The minimum atomic E-state index is 0.0540. The van der Waals surface area contributed by atoms with Crippen molar-refractivity contribution in [2.75, 3.05) is 12.4 Å². The maximum Gasteiger partial charge on any atom is 0.218 e. The fourth-order valence-corrected chi connectivity index (χ4v) is 1.96. The fourth-order valence-electron chi connectivity index (χ4n) is 1.66. The van der Waals surface area contributed by atoms with Gasteiger partial charge in [-0.2, -0.15) is 0 Å². The zero-order valence-electron chi connectivity index (χ0n) is 10.2. The molecule has 18 heavy (non-hydrogen) atoms. The summed E-state index contributed by atoms with van der Waals surface area (Å²) in [6, 6.07) is 9.52. The number of ether oxygens (including phenoxy) is 1. The Kier molecular flexibility index (Phi) is 3.99. The monoisotopic (exact) mass is 263 g/mol. The van der Waals surface area contributed by atoms with Crippen molar-refractivity contribution >= 4 is 17.4 Å². The van der Waals surface area contributed by atoms with Crippen LogP contribution < -0.4 is 10.1 Å². The van der Waals surface area contributed by atoms with Crippen LogP contribution in [0.2, 0.25) is 5.02 Å². The van der Waals surface area contributed by atoms with Crippen LogP contribution in [0.25, 0.3) is 0 Å². The molecule has 0 fully saturated rings. The van der Waals surface area contributed by atoms with E-state index < -0.39 is 0 Å². The molecule has 2 aromatic rings. The van der Waals surface area contributed by atoms with Gasteiger partial charge < -0.3 is 10.1 Å². The van der Waals surface area contributed by atoms with E-state index in [0.29, 0.717) is 11.7 Å². The van der Waals surface area contributed by atoms with Gasteiger partial charge in [0.1, 0.15) is 12.1 Å². The maximum atomic E-state index is 6.15. The van der Waals surface area contributed by atoms with Gasteiger partial charge in [-0.25, -0.2) is 9.97 Å². The van der Waals surface area contributed by atoms with Gasteiger partial charge in [0.25, 0.3) is 0 Å². The highest BCUT2D eigenvalue weighted by Gasteiger charge is 2.09. The van der Waals surface area contributed by atoms with Crippen molar-refractivity contribution in [1.82, 2.24) is 9.97 Å². The number of hydrogen-bond acceptors (Lipinski definition) is 4. The summed E-state index contributed by atoms with van der Waals surface area (Å²) in [6.07, 6.45) is 1.46. The Morgan fingerprint density at radius 2 is 2.06 bits per heavy atom. The first-order chi connectivity index (χ1) is 8.70. The molecule has 0 aliphatic carbocycles. The fraction of sp³-hybridized carbons (Fsp3) is 0.231. The van der Waals surface area contributed by atoms with Gasteiger partial charge in [-0.1, -0.05) is 29.8 Å². The number of halogens is 1. The Balaban J connectivity index is 2.16. The molecule has 0 spiro atoms. The molecule has 1 atom stereocenters. The van der Waals surface area contributed by atoms with Gasteiger partial charge in [0.15, 0.2) is 0 Å². The second-order valence-electron chi connectivity index (χ2n) is 3.83. The Morgan fingerprint density at radius 1 is 1.28 bits per heavy atom. The summed E-state index contributed by atoms with van der Waals surface area (Å²) in [4.78, 5) is 8.09. The molecule has 2 rings (SSSR count). The predicted octanol–water partition coefficient (Wildman–Crippen LogP) is 3.31. The van der Waals surface area contributed by atoms with Crippen LogP contribution in [-0.4, -0.2) is 17.1 Å². The molecule has 0 amide bonds. The highest BCUT2D eigenvalue weighted by atomic mass is 35.5. The van der Waals surface area contributed by atoms with E-state index in [1.807, 2.05) is 31.2 Å². The predicted molar refractivity (Wildman–Crippen MR) is 72.1 cm³/mol. The molecule has 1 heterocycles. The van der Waals surface area contributed by atoms with Gasteiger partial charge in [-0.3, -0.25) is 0 Å². The van der Waals surface area contributed by atoms with Crippen molar-refractivity contribution in [3.05, 3.63) is 47.2 Å². The molecule has 0 saturated heterocycles. The molecule has 0 radical (unpaired) electrons. The normalized spacial score (nSPS) is 11.9. The van der Waals surface area contributed by atoms with Crippen molar-refractivity contribution in [2.24, 2.45) is 0 Å². The topological polar surface area (TPSA) is 47.0 Å². The van der Waals surface area contributed by atoms with Crippen LogP contribution in [0.5, 0.6) is 5.88 Å². The largest absolute Gasteiger partial charge is 0.481 e. The highest BCUT2D eigenvalue weighted by Crippen LogP contribution is 2.25. The number of nitrogens with zero attached hydrogens (tertiary/aromatic N) is 2. The van der Waals surface area contributed by atoms with Crippen LogP contribution in [0.4, 0.5) is 5.82 Å². The SMILES string of the molecule is COc1cc(NC(C)c2ccccc2Cl)ncn1. The second kappa shape index (κ2) is 5.69. The van der Waals surface area contributed by atoms with E-state index in [1.54, 1.807) is 13.2 Å². The van der Waals surface area contributed by atoms with E-state index in [2.05, 4.69) is 15.3 Å².